The molecule has 0 bridgehead atoms. The van der Waals surface area contributed by atoms with E-state index in [4.69, 9.17) is 11.6 Å². The average Bonchev–Trinajstić information content (AvgIpc) is 2.80. The molecule has 1 aliphatic carbocycles. The number of hydrogen-bond donors (Lipinski definition) is 1. The fourth-order valence-electron chi connectivity index (χ4n) is 2.74. The van der Waals surface area contributed by atoms with Gasteiger partial charge in [-0.3, -0.25) is 0 Å². The van der Waals surface area contributed by atoms with Crippen LogP contribution in [0.1, 0.15) is 23.6 Å². The lowest BCUT2D eigenvalue weighted by molar-refractivity contribution is 0.602. The van der Waals surface area contributed by atoms with Crippen molar-refractivity contribution in [3.05, 3.63) is 58.6 Å². The molecule has 0 heterocycles. The quantitative estimate of drug-likeness (QED) is 0.934. The fourth-order valence-corrected chi connectivity index (χ4v) is 3.56. The first-order valence-electron chi connectivity index (χ1n) is 6.78. The van der Waals surface area contributed by atoms with Crippen LogP contribution in [0.4, 0.5) is 5.69 Å². The van der Waals surface area contributed by atoms with Gasteiger partial charge in [-0.05, 0) is 60.4 Å². The van der Waals surface area contributed by atoms with Crippen LogP contribution in [-0.2, 0) is 16.3 Å². The van der Waals surface area contributed by atoms with Gasteiger partial charge >= 0.3 is 0 Å². The van der Waals surface area contributed by atoms with Crippen LogP contribution in [0.5, 0.6) is 0 Å². The number of aryl methyl sites for hydroxylation is 1. The zero-order valence-corrected chi connectivity index (χ0v) is 13.2. The Morgan fingerprint density at radius 2 is 1.86 bits per heavy atom. The van der Waals surface area contributed by atoms with E-state index in [1.165, 1.54) is 17.4 Å². The minimum atomic E-state index is -3.14. The highest BCUT2D eigenvalue weighted by molar-refractivity contribution is 7.90. The summed E-state index contributed by atoms with van der Waals surface area (Å²) in [4.78, 5) is 0.339. The molecule has 0 aromatic heterocycles. The van der Waals surface area contributed by atoms with Gasteiger partial charge in [-0.15, -0.1) is 0 Å². The van der Waals surface area contributed by atoms with E-state index in [9.17, 15) is 8.42 Å². The zero-order valence-electron chi connectivity index (χ0n) is 11.6. The van der Waals surface area contributed by atoms with E-state index >= 15 is 0 Å². The van der Waals surface area contributed by atoms with Gasteiger partial charge in [-0.1, -0.05) is 17.7 Å². The Labute approximate surface area is 129 Å². The predicted molar refractivity (Wildman–Crippen MR) is 85.7 cm³/mol. The minimum absolute atomic E-state index is 0.251. The van der Waals surface area contributed by atoms with Crippen molar-refractivity contribution in [1.29, 1.82) is 0 Å². The summed E-state index contributed by atoms with van der Waals surface area (Å²) in [7, 11) is -3.14. The molecule has 1 atom stereocenters. The summed E-state index contributed by atoms with van der Waals surface area (Å²) >= 11 is 6.01. The highest BCUT2D eigenvalue weighted by atomic mass is 35.5. The third-order valence-electron chi connectivity index (χ3n) is 3.81. The lowest BCUT2D eigenvalue weighted by atomic mass is 10.1. The van der Waals surface area contributed by atoms with Crippen molar-refractivity contribution in [2.75, 3.05) is 11.6 Å². The van der Waals surface area contributed by atoms with Crippen molar-refractivity contribution in [2.24, 2.45) is 0 Å². The number of benzene rings is 2. The molecule has 0 amide bonds. The van der Waals surface area contributed by atoms with Crippen LogP contribution in [0.25, 0.3) is 0 Å². The molecule has 110 valence electrons. The van der Waals surface area contributed by atoms with Crippen LogP contribution in [0.15, 0.2) is 47.4 Å². The molecule has 0 spiro atoms. The van der Waals surface area contributed by atoms with Crippen molar-refractivity contribution in [2.45, 2.75) is 23.8 Å². The molecule has 0 radical (unpaired) electrons. The van der Waals surface area contributed by atoms with E-state index in [1.807, 2.05) is 24.3 Å². The first kappa shape index (κ1) is 14.4. The predicted octanol–water partition coefficient (Wildman–Crippen LogP) is 3.84. The SMILES string of the molecule is CS(=O)(=O)c1ccc(NC2CCc3cc(Cl)ccc32)cc1. The molecule has 1 unspecified atom stereocenters. The Morgan fingerprint density at radius 1 is 1.14 bits per heavy atom. The van der Waals surface area contributed by atoms with Crippen molar-refractivity contribution >= 4 is 27.1 Å². The Kier molecular flexibility index (Phi) is 3.68. The number of halogens is 1. The van der Waals surface area contributed by atoms with E-state index in [0.29, 0.717) is 4.90 Å². The average molecular weight is 322 g/mol. The van der Waals surface area contributed by atoms with Gasteiger partial charge in [0.1, 0.15) is 0 Å². The Balaban J connectivity index is 1.80. The van der Waals surface area contributed by atoms with Gasteiger partial charge in [-0.25, -0.2) is 8.42 Å². The van der Waals surface area contributed by atoms with Gasteiger partial charge in [0, 0.05) is 17.0 Å². The topological polar surface area (TPSA) is 46.2 Å². The maximum Gasteiger partial charge on any atom is 0.175 e. The van der Waals surface area contributed by atoms with Gasteiger partial charge in [0.15, 0.2) is 9.84 Å². The normalized spacial score (nSPS) is 17.5. The molecule has 3 nitrogen and oxygen atoms in total. The van der Waals surface area contributed by atoms with Crippen molar-refractivity contribution in [1.82, 2.24) is 0 Å². The summed E-state index contributed by atoms with van der Waals surface area (Å²) in [5.41, 5.74) is 3.48. The van der Waals surface area contributed by atoms with Crippen molar-refractivity contribution < 1.29 is 8.42 Å². The number of anilines is 1. The van der Waals surface area contributed by atoms with Gasteiger partial charge in [-0.2, -0.15) is 0 Å². The van der Waals surface area contributed by atoms with E-state index in [0.717, 1.165) is 23.6 Å². The molecular formula is C16H16ClNO2S. The van der Waals surface area contributed by atoms with E-state index in [2.05, 4.69) is 11.4 Å². The molecule has 2 aromatic carbocycles. The fraction of sp³-hybridized carbons (Fsp3) is 0.250. The second-order valence-corrected chi connectivity index (χ2v) is 7.83. The van der Waals surface area contributed by atoms with Crippen LogP contribution >= 0.6 is 11.6 Å². The third-order valence-corrected chi connectivity index (χ3v) is 5.17. The molecule has 0 aliphatic heterocycles. The molecule has 0 saturated heterocycles. The first-order valence-corrected chi connectivity index (χ1v) is 9.05. The summed E-state index contributed by atoms with van der Waals surface area (Å²) < 4.78 is 22.9. The summed E-state index contributed by atoms with van der Waals surface area (Å²) in [5, 5.41) is 4.23. The third kappa shape index (κ3) is 3.06. The smallest absolute Gasteiger partial charge is 0.175 e. The number of nitrogens with one attached hydrogen (secondary N) is 1. The molecule has 3 rings (SSSR count). The summed E-state index contributed by atoms with van der Waals surface area (Å²) in [6.07, 6.45) is 3.24. The van der Waals surface area contributed by atoms with Crippen LogP contribution in [0.2, 0.25) is 5.02 Å². The Morgan fingerprint density at radius 3 is 2.52 bits per heavy atom. The van der Waals surface area contributed by atoms with Crippen LogP contribution in [-0.4, -0.2) is 14.7 Å². The van der Waals surface area contributed by atoms with Gasteiger partial charge in [0.25, 0.3) is 0 Å². The molecule has 0 fully saturated rings. The molecule has 2 aromatic rings. The van der Waals surface area contributed by atoms with Crippen LogP contribution in [0.3, 0.4) is 0 Å². The second-order valence-electron chi connectivity index (χ2n) is 5.38. The first-order chi connectivity index (χ1) is 9.93. The minimum Gasteiger partial charge on any atom is -0.378 e. The number of sulfone groups is 1. The number of hydrogen-bond acceptors (Lipinski definition) is 3. The Hall–Kier alpha value is -1.52. The maximum atomic E-state index is 11.5. The molecule has 0 saturated carbocycles. The standard InChI is InChI=1S/C16H16ClNO2S/c1-21(19,20)14-6-4-13(5-7-14)18-16-9-2-11-10-12(17)3-8-15(11)16/h3-8,10,16,18H,2,9H2,1H3. The summed E-state index contributed by atoms with van der Waals surface area (Å²) in [5.74, 6) is 0. The largest absolute Gasteiger partial charge is 0.378 e. The van der Waals surface area contributed by atoms with E-state index in [-0.39, 0.29) is 6.04 Å². The highest BCUT2D eigenvalue weighted by Crippen LogP contribution is 2.35. The molecular weight excluding hydrogens is 306 g/mol. The summed E-state index contributed by atoms with van der Waals surface area (Å²) in [6.45, 7) is 0. The zero-order chi connectivity index (χ0) is 15.0. The Bertz CT molecular complexity index is 769. The lowest BCUT2D eigenvalue weighted by Crippen LogP contribution is -2.07. The summed E-state index contributed by atoms with van der Waals surface area (Å²) in [6, 6.07) is 13.1. The van der Waals surface area contributed by atoms with E-state index < -0.39 is 9.84 Å². The molecule has 21 heavy (non-hydrogen) atoms. The van der Waals surface area contributed by atoms with Gasteiger partial charge in [0.05, 0.1) is 10.9 Å². The van der Waals surface area contributed by atoms with Crippen LogP contribution < -0.4 is 5.32 Å². The highest BCUT2D eigenvalue weighted by Gasteiger charge is 2.22. The lowest BCUT2D eigenvalue weighted by Gasteiger charge is -2.16. The van der Waals surface area contributed by atoms with E-state index in [1.54, 1.807) is 12.1 Å². The second kappa shape index (κ2) is 5.35. The van der Waals surface area contributed by atoms with Gasteiger partial charge in [0.2, 0.25) is 0 Å². The van der Waals surface area contributed by atoms with Crippen molar-refractivity contribution in [3.63, 3.8) is 0 Å². The molecule has 1 aliphatic rings. The van der Waals surface area contributed by atoms with Gasteiger partial charge < -0.3 is 5.32 Å². The molecule has 5 heteroatoms. The van der Waals surface area contributed by atoms with Crippen LogP contribution in [0, 0.1) is 0 Å². The maximum absolute atomic E-state index is 11.5. The number of rotatable bonds is 3. The monoisotopic (exact) mass is 321 g/mol. The molecule has 1 N–H and O–H groups in total. The van der Waals surface area contributed by atoms with Crippen molar-refractivity contribution in [3.8, 4) is 0 Å². The number of fused-ring (bicyclic) bond motifs is 1.